The molecule has 0 saturated carbocycles. The lowest BCUT2D eigenvalue weighted by Gasteiger charge is -2.09. The molecule has 0 bridgehead atoms. The Morgan fingerprint density at radius 1 is 1.19 bits per heavy atom. The van der Waals surface area contributed by atoms with Gasteiger partial charge < -0.3 is 25.8 Å². The Morgan fingerprint density at radius 3 is 2.62 bits per heavy atom. The van der Waals surface area contributed by atoms with Crippen molar-refractivity contribution < 1.29 is 19.1 Å². The lowest BCUT2D eigenvalue weighted by Crippen LogP contribution is -2.32. The molecule has 4 N–H and O–H groups in total. The molecule has 0 heterocycles. The first kappa shape index (κ1) is 16.8. The highest BCUT2D eigenvalue weighted by molar-refractivity contribution is 5.95. The van der Waals surface area contributed by atoms with Gasteiger partial charge in [0.1, 0.15) is 5.75 Å². The average Bonchev–Trinajstić information content (AvgIpc) is 2.48. The smallest absolute Gasteiger partial charge is 0.251 e. The average molecular weight is 295 g/mol. The highest BCUT2D eigenvalue weighted by atomic mass is 16.5. The molecule has 0 spiro atoms. The van der Waals surface area contributed by atoms with Gasteiger partial charge in [-0.1, -0.05) is 0 Å². The van der Waals surface area contributed by atoms with Crippen molar-refractivity contribution >= 4 is 17.5 Å². The van der Waals surface area contributed by atoms with E-state index in [0.717, 1.165) is 0 Å². The third kappa shape index (κ3) is 5.70. The Labute approximate surface area is 123 Å². The number of hydrogen-bond donors (Lipinski definition) is 3. The molecule has 0 atom stereocenters. The second-order valence-corrected chi connectivity index (χ2v) is 4.31. The van der Waals surface area contributed by atoms with E-state index < -0.39 is 0 Å². The zero-order valence-electron chi connectivity index (χ0n) is 12.3. The van der Waals surface area contributed by atoms with Gasteiger partial charge in [-0.05, 0) is 18.2 Å². The molecule has 0 unspecified atom stereocenters. The molecule has 0 aliphatic carbocycles. The number of hydrogen-bond acceptors (Lipinski definition) is 5. The van der Waals surface area contributed by atoms with E-state index in [9.17, 15) is 9.59 Å². The minimum atomic E-state index is -0.280. The number of anilines is 1. The van der Waals surface area contributed by atoms with Crippen LogP contribution in [0.4, 0.5) is 5.69 Å². The standard InChI is InChI=1S/C14H21N3O4/c1-20-8-7-16-13(18)5-6-17-14(19)10-3-4-11(15)12(9-10)21-2/h3-4,9H,5-8,15H2,1-2H3,(H,16,18)(H,17,19). The molecular weight excluding hydrogens is 274 g/mol. The van der Waals surface area contributed by atoms with Crippen LogP contribution in [0.3, 0.4) is 0 Å². The third-order valence-electron chi connectivity index (χ3n) is 2.76. The Hall–Kier alpha value is -2.28. The van der Waals surface area contributed by atoms with E-state index >= 15 is 0 Å². The van der Waals surface area contributed by atoms with E-state index in [1.807, 2.05) is 0 Å². The first-order valence-electron chi connectivity index (χ1n) is 6.55. The van der Waals surface area contributed by atoms with Gasteiger partial charge in [-0.15, -0.1) is 0 Å². The molecule has 0 fully saturated rings. The first-order valence-corrected chi connectivity index (χ1v) is 6.55. The SMILES string of the molecule is COCCNC(=O)CCNC(=O)c1ccc(N)c(OC)c1. The maximum absolute atomic E-state index is 11.9. The summed E-state index contributed by atoms with van der Waals surface area (Å²) in [6.07, 6.45) is 0.210. The van der Waals surface area contributed by atoms with Gasteiger partial charge in [0.2, 0.25) is 5.91 Å². The van der Waals surface area contributed by atoms with E-state index in [2.05, 4.69) is 10.6 Å². The molecule has 1 aromatic rings. The van der Waals surface area contributed by atoms with E-state index in [4.69, 9.17) is 15.2 Å². The van der Waals surface area contributed by atoms with Crippen molar-refractivity contribution in [1.29, 1.82) is 0 Å². The largest absolute Gasteiger partial charge is 0.495 e. The molecule has 7 nitrogen and oxygen atoms in total. The highest BCUT2D eigenvalue weighted by Crippen LogP contribution is 2.21. The summed E-state index contributed by atoms with van der Waals surface area (Å²) in [5.74, 6) is 0.0280. The zero-order chi connectivity index (χ0) is 15.7. The van der Waals surface area contributed by atoms with Crippen LogP contribution >= 0.6 is 0 Å². The molecule has 2 amide bonds. The summed E-state index contributed by atoms with van der Waals surface area (Å²) in [4.78, 5) is 23.3. The summed E-state index contributed by atoms with van der Waals surface area (Å²) in [5, 5.41) is 5.33. The maximum Gasteiger partial charge on any atom is 0.251 e. The maximum atomic E-state index is 11.9. The van der Waals surface area contributed by atoms with Crippen LogP contribution < -0.4 is 21.1 Å². The molecule has 0 aliphatic rings. The fourth-order valence-corrected chi connectivity index (χ4v) is 1.62. The van der Waals surface area contributed by atoms with Crippen molar-refractivity contribution in [2.24, 2.45) is 0 Å². The van der Waals surface area contributed by atoms with Crippen LogP contribution in [0.2, 0.25) is 0 Å². The lowest BCUT2D eigenvalue weighted by molar-refractivity contribution is -0.121. The number of nitrogens with two attached hydrogens (primary N) is 1. The lowest BCUT2D eigenvalue weighted by atomic mass is 10.1. The van der Waals surface area contributed by atoms with Crippen LogP contribution in [0.1, 0.15) is 16.8 Å². The number of nitrogens with one attached hydrogen (secondary N) is 2. The Morgan fingerprint density at radius 2 is 1.95 bits per heavy atom. The quantitative estimate of drug-likeness (QED) is 0.468. The van der Waals surface area contributed by atoms with Crippen LogP contribution in [-0.2, 0) is 9.53 Å². The summed E-state index contributed by atoms with van der Waals surface area (Å²) in [7, 11) is 3.05. The van der Waals surface area contributed by atoms with E-state index in [-0.39, 0.29) is 24.8 Å². The summed E-state index contributed by atoms with van der Waals surface area (Å²) < 4.78 is 9.87. The van der Waals surface area contributed by atoms with Gasteiger partial charge >= 0.3 is 0 Å². The fourth-order valence-electron chi connectivity index (χ4n) is 1.62. The second-order valence-electron chi connectivity index (χ2n) is 4.31. The van der Waals surface area contributed by atoms with Crippen LogP contribution in [0.25, 0.3) is 0 Å². The number of amides is 2. The Kier molecular flexibility index (Phi) is 7.03. The van der Waals surface area contributed by atoms with E-state index in [1.165, 1.54) is 7.11 Å². The molecular formula is C14H21N3O4. The highest BCUT2D eigenvalue weighted by Gasteiger charge is 2.09. The van der Waals surface area contributed by atoms with Gasteiger partial charge in [-0.25, -0.2) is 0 Å². The van der Waals surface area contributed by atoms with Gasteiger partial charge in [-0.2, -0.15) is 0 Å². The van der Waals surface area contributed by atoms with Crippen molar-refractivity contribution in [2.45, 2.75) is 6.42 Å². The summed E-state index contributed by atoms with van der Waals surface area (Å²) in [5.41, 5.74) is 6.57. The van der Waals surface area contributed by atoms with Crippen molar-refractivity contribution in [3.05, 3.63) is 23.8 Å². The minimum absolute atomic E-state index is 0.137. The fraction of sp³-hybridized carbons (Fsp3) is 0.429. The molecule has 1 aromatic carbocycles. The normalized spacial score (nSPS) is 10.0. The topological polar surface area (TPSA) is 103 Å². The molecule has 7 heteroatoms. The van der Waals surface area contributed by atoms with Gasteiger partial charge in [-0.3, -0.25) is 9.59 Å². The summed E-state index contributed by atoms with van der Waals surface area (Å²) in [6, 6.07) is 4.76. The van der Waals surface area contributed by atoms with Crippen molar-refractivity contribution in [2.75, 3.05) is 39.6 Å². The van der Waals surface area contributed by atoms with Crippen molar-refractivity contribution in [3.8, 4) is 5.75 Å². The number of ether oxygens (including phenoxy) is 2. The molecule has 1 rings (SSSR count). The molecule has 21 heavy (non-hydrogen) atoms. The Balaban J connectivity index is 2.38. The molecule has 0 saturated heterocycles. The first-order chi connectivity index (χ1) is 10.1. The summed E-state index contributed by atoms with van der Waals surface area (Å²) in [6.45, 7) is 1.17. The molecule has 0 aliphatic heterocycles. The number of carbonyl (C=O) groups excluding carboxylic acids is 2. The van der Waals surface area contributed by atoms with E-state index in [0.29, 0.717) is 30.2 Å². The number of rotatable bonds is 8. The minimum Gasteiger partial charge on any atom is -0.495 e. The van der Waals surface area contributed by atoms with E-state index in [1.54, 1.807) is 25.3 Å². The molecule has 0 radical (unpaired) electrons. The zero-order valence-corrected chi connectivity index (χ0v) is 12.3. The number of nitrogen functional groups attached to an aromatic ring is 1. The van der Waals surface area contributed by atoms with Crippen LogP contribution in [0, 0.1) is 0 Å². The number of carbonyl (C=O) groups is 2. The van der Waals surface area contributed by atoms with Crippen LogP contribution in [0.15, 0.2) is 18.2 Å². The predicted molar refractivity (Wildman–Crippen MR) is 79.2 cm³/mol. The second kappa shape index (κ2) is 8.80. The Bertz CT molecular complexity index is 491. The van der Waals surface area contributed by atoms with Gasteiger partial charge in [0, 0.05) is 32.2 Å². The van der Waals surface area contributed by atoms with Gasteiger partial charge in [0.05, 0.1) is 19.4 Å². The van der Waals surface area contributed by atoms with Gasteiger partial charge in [0.25, 0.3) is 5.91 Å². The number of methoxy groups -OCH3 is 2. The van der Waals surface area contributed by atoms with Crippen molar-refractivity contribution in [3.63, 3.8) is 0 Å². The van der Waals surface area contributed by atoms with Crippen molar-refractivity contribution in [1.82, 2.24) is 10.6 Å². The monoisotopic (exact) mass is 295 g/mol. The predicted octanol–water partition coefficient (Wildman–Crippen LogP) is 0.160. The van der Waals surface area contributed by atoms with Crippen LogP contribution in [-0.4, -0.2) is 45.7 Å². The number of benzene rings is 1. The van der Waals surface area contributed by atoms with Gasteiger partial charge in [0.15, 0.2) is 0 Å². The van der Waals surface area contributed by atoms with Crippen LogP contribution in [0.5, 0.6) is 5.75 Å². The molecule has 0 aromatic heterocycles. The third-order valence-corrected chi connectivity index (χ3v) is 2.76. The summed E-state index contributed by atoms with van der Waals surface area (Å²) >= 11 is 0. The molecule has 116 valence electrons.